The largest absolute Gasteiger partial charge is 0.435 e. The average molecular weight is 252 g/mol. The van der Waals surface area contributed by atoms with E-state index in [1.54, 1.807) is 12.1 Å². The second kappa shape index (κ2) is 6.16. The van der Waals surface area contributed by atoms with Crippen LogP contribution in [0, 0.1) is 0 Å². The zero-order valence-corrected chi connectivity index (χ0v) is 9.70. The summed E-state index contributed by atoms with van der Waals surface area (Å²) >= 11 is 0. The van der Waals surface area contributed by atoms with Gasteiger partial charge in [-0.15, -0.1) is 0 Å². The van der Waals surface area contributed by atoms with E-state index in [0.29, 0.717) is 6.54 Å². The van der Waals surface area contributed by atoms with Crippen molar-refractivity contribution in [3.05, 3.63) is 53.9 Å². The zero-order valence-electron chi connectivity index (χ0n) is 9.70. The molecular formula is C13H14F2N2O. The van der Waals surface area contributed by atoms with Gasteiger partial charge in [-0.3, -0.25) is 0 Å². The standard InChI is InChI=1S/C13H14F2N2O/c14-13(15)18-12-5-3-10(4-6-12)8-16-9-11-2-1-7-17-11/h1-7,13,16-17H,8-9H2. The highest BCUT2D eigenvalue weighted by Crippen LogP contribution is 2.14. The normalized spacial score (nSPS) is 10.8. The smallest absolute Gasteiger partial charge is 0.387 e. The first kappa shape index (κ1) is 12.6. The van der Waals surface area contributed by atoms with Gasteiger partial charge in [-0.05, 0) is 29.8 Å². The molecule has 2 aromatic rings. The summed E-state index contributed by atoms with van der Waals surface area (Å²) in [5.41, 5.74) is 2.12. The summed E-state index contributed by atoms with van der Waals surface area (Å²) in [6.45, 7) is -1.36. The molecule has 0 bridgehead atoms. The van der Waals surface area contributed by atoms with Crippen molar-refractivity contribution < 1.29 is 13.5 Å². The maximum absolute atomic E-state index is 11.9. The Kier molecular flexibility index (Phi) is 4.30. The highest BCUT2D eigenvalue weighted by atomic mass is 19.3. The molecule has 5 heteroatoms. The number of aromatic amines is 1. The van der Waals surface area contributed by atoms with Crippen LogP contribution in [-0.2, 0) is 13.1 Å². The molecule has 1 aromatic heterocycles. The number of halogens is 2. The fourth-order valence-electron chi connectivity index (χ4n) is 1.61. The molecule has 18 heavy (non-hydrogen) atoms. The number of hydrogen-bond donors (Lipinski definition) is 2. The average Bonchev–Trinajstić information content (AvgIpc) is 2.84. The van der Waals surface area contributed by atoms with Crippen LogP contribution >= 0.6 is 0 Å². The van der Waals surface area contributed by atoms with Gasteiger partial charge < -0.3 is 15.0 Å². The van der Waals surface area contributed by atoms with E-state index >= 15 is 0 Å². The summed E-state index contributed by atoms with van der Waals surface area (Å²) in [7, 11) is 0. The fraction of sp³-hybridized carbons (Fsp3) is 0.231. The van der Waals surface area contributed by atoms with Crippen LogP contribution in [0.2, 0.25) is 0 Å². The molecule has 0 saturated heterocycles. The molecular weight excluding hydrogens is 238 g/mol. The molecule has 0 atom stereocenters. The number of H-pyrrole nitrogens is 1. The first-order chi connectivity index (χ1) is 8.74. The Labute approximate surface area is 104 Å². The maximum atomic E-state index is 11.9. The molecule has 1 heterocycles. The molecule has 0 aliphatic rings. The third kappa shape index (κ3) is 3.85. The molecule has 0 fully saturated rings. The van der Waals surface area contributed by atoms with Gasteiger partial charge in [-0.2, -0.15) is 8.78 Å². The van der Waals surface area contributed by atoms with Crippen LogP contribution in [0.25, 0.3) is 0 Å². The number of rotatable bonds is 6. The Morgan fingerprint density at radius 3 is 2.50 bits per heavy atom. The molecule has 0 amide bonds. The number of ether oxygens (including phenoxy) is 1. The number of nitrogens with one attached hydrogen (secondary N) is 2. The van der Waals surface area contributed by atoms with E-state index in [1.165, 1.54) is 12.1 Å². The van der Waals surface area contributed by atoms with E-state index in [2.05, 4.69) is 15.0 Å². The van der Waals surface area contributed by atoms with Crippen LogP contribution in [0.15, 0.2) is 42.6 Å². The quantitative estimate of drug-likeness (QED) is 0.829. The van der Waals surface area contributed by atoms with Crippen molar-refractivity contribution in [3.63, 3.8) is 0 Å². The van der Waals surface area contributed by atoms with E-state index < -0.39 is 6.61 Å². The van der Waals surface area contributed by atoms with Gasteiger partial charge in [0.05, 0.1) is 0 Å². The fourth-order valence-corrected chi connectivity index (χ4v) is 1.61. The lowest BCUT2D eigenvalue weighted by atomic mass is 10.2. The summed E-state index contributed by atoms with van der Waals surface area (Å²) in [5.74, 6) is 0.179. The van der Waals surface area contributed by atoms with E-state index in [0.717, 1.165) is 17.8 Å². The van der Waals surface area contributed by atoms with E-state index in [4.69, 9.17) is 0 Å². The minimum Gasteiger partial charge on any atom is -0.435 e. The Balaban J connectivity index is 1.79. The minimum atomic E-state index is -2.78. The lowest BCUT2D eigenvalue weighted by Crippen LogP contribution is -2.12. The van der Waals surface area contributed by atoms with Crippen LogP contribution in [-0.4, -0.2) is 11.6 Å². The predicted molar refractivity (Wildman–Crippen MR) is 64.4 cm³/mol. The maximum Gasteiger partial charge on any atom is 0.387 e. The zero-order chi connectivity index (χ0) is 12.8. The first-order valence-corrected chi connectivity index (χ1v) is 5.61. The van der Waals surface area contributed by atoms with Crippen molar-refractivity contribution in [2.45, 2.75) is 19.7 Å². The molecule has 0 unspecified atom stereocenters. The van der Waals surface area contributed by atoms with Gasteiger partial charge in [0.2, 0.25) is 0 Å². The van der Waals surface area contributed by atoms with Crippen LogP contribution in [0.4, 0.5) is 8.78 Å². The van der Waals surface area contributed by atoms with Crippen molar-refractivity contribution >= 4 is 0 Å². The molecule has 0 aliphatic carbocycles. The minimum absolute atomic E-state index is 0.179. The predicted octanol–water partition coefficient (Wildman–Crippen LogP) is 2.91. The molecule has 0 aliphatic heterocycles. The number of benzene rings is 1. The van der Waals surface area contributed by atoms with Crippen molar-refractivity contribution in [2.75, 3.05) is 0 Å². The van der Waals surface area contributed by atoms with Gasteiger partial charge >= 0.3 is 6.61 Å². The van der Waals surface area contributed by atoms with Crippen LogP contribution < -0.4 is 10.1 Å². The van der Waals surface area contributed by atoms with E-state index in [-0.39, 0.29) is 5.75 Å². The van der Waals surface area contributed by atoms with E-state index in [9.17, 15) is 8.78 Å². The molecule has 96 valence electrons. The van der Waals surface area contributed by atoms with Gasteiger partial charge in [-0.25, -0.2) is 0 Å². The third-order valence-electron chi connectivity index (χ3n) is 2.46. The monoisotopic (exact) mass is 252 g/mol. The highest BCUT2D eigenvalue weighted by Gasteiger charge is 2.03. The molecule has 2 rings (SSSR count). The summed E-state index contributed by atoms with van der Waals surface area (Å²) < 4.78 is 28.2. The third-order valence-corrected chi connectivity index (χ3v) is 2.46. The van der Waals surface area contributed by atoms with Crippen LogP contribution in [0.1, 0.15) is 11.3 Å². The molecule has 0 saturated carbocycles. The van der Waals surface area contributed by atoms with Crippen LogP contribution in [0.5, 0.6) is 5.75 Å². The molecule has 1 aromatic carbocycles. The summed E-state index contributed by atoms with van der Waals surface area (Å²) in [6.07, 6.45) is 1.87. The van der Waals surface area contributed by atoms with Gasteiger partial charge in [0, 0.05) is 25.0 Å². The lowest BCUT2D eigenvalue weighted by molar-refractivity contribution is -0.0498. The molecule has 3 nitrogen and oxygen atoms in total. The topological polar surface area (TPSA) is 37.0 Å². The van der Waals surface area contributed by atoms with Gasteiger partial charge in [0.1, 0.15) is 5.75 Å². The van der Waals surface area contributed by atoms with Crippen molar-refractivity contribution in [2.24, 2.45) is 0 Å². The first-order valence-electron chi connectivity index (χ1n) is 5.61. The van der Waals surface area contributed by atoms with Gasteiger partial charge in [0.25, 0.3) is 0 Å². The lowest BCUT2D eigenvalue weighted by Gasteiger charge is -2.06. The Hall–Kier alpha value is -1.88. The van der Waals surface area contributed by atoms with Crippen LogP contribution in [0.3, 0.4) is 0 Å². The Morgan fingerprint density at radius 1 is 1.11 bits per heavy atom. The van der Waals surface area contributed by atoms with Gasteiger partial charge in [-0.1, -0.05) is 12.1 Å². The van der Waals surface area contributed by atoms with Crippen molar-refractivity contribution in [1.29, 1.82) is 0 Å². The summed E-state index contributed by atoms with van der Waals surface area (Å²) in [4.78, 5) is 3.09. The molecule has 0 radical (unpaired) electrons. The summed E-state index contributed by atoms with van der Waals surface area (Å²) in [6, 6.07) is 10.5. The SMILES string of the molecule is FC(F)Oc1ccc(CNCc2ccc[nH]2)cc1. The van der Waals surface area contributed by atoms with Crippen molar-refractivity contribution in [1.82, 2.24) is 10.3 Å². The van der Waals surface area contributed by atoms with Gasteiger partial charge in [0.15, 0.2) is 0 Å². The number of aromatic nitrogens is 1. The second-order valence-corrected chi connectivity index (χ2v) is 3.82. The number of alkyl halides is 2. The summed E-state index contributed by atoms with van der Waals surface area (Å²) in [5, 5.41) is 3.24. The Morgan fingerprint density at radius 2 is 1.89 bits per heavy atom. The molecule has 0 spiro atoms. The second-order valence-electron chi connectivity index (χ2n) is 3.82. The number of hydrogen-bond acceptors (Lipinski definition) is 2. The Bertz CT molecular complexity index is 454. The van der Waals surface area contributed by atoms with E-state index in [1.807, 2.05) is 18.3 Å². The van der Waals surface area contributed by atoms with Crippen molar-refractivity contribution in [3.8, 4) is 5.75 Å². The highest BCUT2D eigenvalue weighted by molar-refractivity contribution is 5.27. The molecule has 2 N–H and O–H groups in total.